The summed E-state index contributed by atoms with van der Waals surface area (Å²) in [6.45, 7) is 2.00. The normalized spacial score (nSPS) is 13.8. The molecule has 1 heterocycles. The monoisotopic (exact) mass is 330 g/mol. The summed E-state index contributed by atoms with van der Waals surface area (Å²) in [5.41, 5.74) is 1.15. The molecule has 24 heavy (non-hydrogen) atoms. The molecule has 1 atom stereocenters. The molecule has 1 aliphatic heterocycles. The van der Waals surface area contributed by atoms with Crippen LogP contribution in [0.4, 0.5) is 0 Å². The van der Waals surface area contributed by atoms with E-state index in [1.165, 1.54) is 12.8 Å². The van der Waals surface area contributed by atoms with Crippen molar-refractivity contribution >= 4 is 5.78 Å². The number of aliphatic hydroxyl groups is 1. The van der Waals surface area contributed by atoms with Gasteiger partial charge in [0.2, 0.25) is 0 Å². The summed E-state index contributed by atoms with van der Waals surface area (Å²) in [7, 11) is 3.25. The van der Waals surface area contributed by atoms with Crippen molar-refractivity contribution in [3.05, 3.63) is 71.8 Å². The second-order valence-corrected chi connectivity index (χ2v) is 5.27. The number of benzene rings is 2. The second kappa shape index (κ2) is 12.4. The van der Waals surface area contributed by atoms with Crippen LogP contribution in [-0.4, -0.2) is 38.3 Å². The summed E-state index contributed by atoms with van der Waals surface area (Å²) >= 11 is 0. The van der Waals surface area contributed by atoms with E-state index in [2.05, 4.69) is 4.74 Å². The molecule has 4 nitrogen and oxygen atoms in total. The summed E-state index contributed by atoms with van der Waals surface area (Å²) in [6, 6.07) is 17.7. The van der Waals surface area contributed by atoms with Gasteiger partial charge in [-0.25, -0.2) is 0 Å². The quantitative estimate of drug-likeness (QED) is 0.873. The minimum absolute atomic E-state index is 0.271. The molecule has 1 N–H and O–H groups in total. The first-order chi connectivity index (χ1) is 11.7. The number of carbonyl (C=O) groups excluding carboxylic acids is 1. The first-order valence-corrected chi connectivity index (χ1v) is 8.00. The number of aliphatic hydroxyl groups excluding tert-OH is 1. The van der Waals surface area contributed by atoms with E-state index in [4.69, 9.17) is 4.74 Å². The summed E-state index contributed by atoms with van der Waals surface area (Å²) in [6.07, 6.45) is 1.48. The molecule has 0 bridgehead atoms. The lowest BCUT2D eigenvalue weighted by molar-refractivity contribution is 0.0747. The Balaban J connectivity index is 0.000000298. The van der Waals surface area contributed by atoms with Crippen LogP contribution >= 0.6 is 0 Å². The molecule has 1 aliphatic rings. The number of Topliss-reactive ketones (excluding diaryl/α,β-unsaturated/α-hetero) is 1. The zero-order valence-electron chi connectivity index (χ0n) is 14.4. The molecular weight excluding hydrogens is 304 g/mol. The zero-order chi connectivity index (χ0) is 17.6. The van der Waals surface area contributed by atoms with E-state index in [-0.39, 0.29) is 5.78 Å². The maximum atomic E-state index is 11.9. The van der Waals surface area contributed by atoms with Gasteiger partial charge in [-0.15, -0.1) is 0 Å². The molecular formula is C20H26O4. The SMILES string of the molecule is C1CCOC1.COC.O=C(c1ccccc1)C(O)c1ccccc1. The van der Waals surface area contributed by atoms with E-state index >= 15 is 0 Å². The van der Waals surface area contributed by atoms with Gasteiger partial charge in [-0.1, -0.05) is 60.7 Å². The number of hydrogen-bond donors (Lipinski definition) is 1. The minimum atomic E-state index is -1.08. The van der Waals surface area contributed by atoms with E-state index in [0.29, 0.717) is 11.1 Å². The molecule has 2 aromatic carbocycles. The van der Waals surface area contributed by atoms with Crippen molar-refractivity contribution in [1.82, 2.24) is 0 Å². The number of methoxy groups -OCH3 is 1. The molecule has 0 spiro atoms. The van der Waals surface area contributed by atoms with Crippen molar-refractivity contribution in [1.29, 1.82) is 0 Å². The van der Waals surface area contributed by atoms with E-state index in [1.807, 2.05) is 12.1 Å². The molecule has 3 rings (SSSR count). The van der Waals surface area contributed by atoms with Gasteiger partial charge in [-0.2, -0.15) is 0 Å². The third-order valence-electron chi connectivity index (χ3n) is 3.25. The van der Waals surface area contributed by atoms with Gasteiger partial charge < -0.3 is 14.6 Å². The summed E-state index contributed by atoms with van der Waals surface area (Å²) < 4.78 is 9.19. The highest BCUT2D eigenvalue weighted by Crippen LogP contribution is 2.17. The van der Waals surface area contributed by atoms with Crippen LogP contribution < -0.4 is 0 Å². The fraction of sp³-hybridized carbons (Fsp3) is 0.350. The van der Waals surface area contributed by atoms with Gasteiger partial charge in [0.1, 0.15) is 6.10 Å². The fourth-order valence-corrected chi connectivity index (χ4v) is 2.06. The fourth-order valence-electron chi connectivity index (χ4n) is 2.06. The summed E-state index contributed by atoms with van der Waals surface area (Å²) in [5.74, 6) is -0.271. The number of carbonyl (C=O) groups is 1. The van der Waals surface area contributed by atoms with Crippen molar-refractivity contribution in [2.24, 2.45) is 0 Å². The van der Waals surface area contributed by atoms with Crippen LogP contribution in [0.15, 0.2) is 60.7 Å². The first kappa shape index (κ1) is 20.0. The third kappa shape index (κ3) is 7.51. The average Bonchev–Trinajstić information content (AvgIpc) is 3.23. The van der Waals surface area contributed by atoms with Crippen molar-refractivity contribution in [2.75, 3.05) is 27.4 Å². The number of ether oxygens (including phenoxy) is 2. The highest BCUT2D eigenvalue weighted by Gasteiger charge is 2.18. The maximum Gasteiger partial charge on any atom is 0.195 e. The van der Waals surface area contributed by atoms with Crippen molar-refractivity contribution in [3.8, 4) is 0 Å². The zero-order valence-corrected chi connectivity index (χ0v) is 14.4. The standard InChI is InChI=1S/C14H12O2.C4H8O.C2H6O/c15-13(11-7-3-1-4-8-11)14(16)12-9-5-2-6-10-12;1-2-4-5-3-1;1-3-2/h1-10,13,15H;1-4H2;1-2H3. The second-order valence-electron chi connectivity index (χ2n) is 5.27. The Kier molecular flexibility index (Phi) is 10.4. The highest BCUT2D eigenvalue weighted by atomic mass is 16.5. The average molecular weight is 330 g/mol. The number of ketones is 1. The summed E-state index contributed by atoms with van der Waals surface area (Å²) in [5, 5.41) is 9.89. The molecule has 0 aliphatic carbocycles. The predicted molar refractivity (Wildman–Crippen MR) is 95.2 cm³/mol. The Morgan fingerprint density at radius 1 is 0.958 bits per heavy atom. The van der Waals surface area contributed by atoms with Gasteiger partial charge in [-0.05, 0) is 18.4 Å². The van der Waals surface area contributed by atoms with Crippen LogP contribution in [0.2, 0.25) is 0 Å². The van der Waals surface area contributed by atoms with Crippen LogP contribution in [0.25, 0.3) is 0 Å². The van der Waals surface area contributed by atoms with Gasteiger partial charge >= 0.3 is 0 Å². The lowest BCUT2D eigenvalue weighted by Gasteiger charge is -2.09. The van der Waals surface area contributed by atoms with Crippen molar-refractivity contribution < 1.29 is 19.4 Å². The number of rotatable bonds is 3. The summed E-state index contributed by atoms with van der Waals surface area (Å²) in [4.78, 5) is 11.9. The molecule has 0 radical (unpaired) electrons. The smallest absolute Gasteiger partial charge is 0.195 e. The van der Waals surface area contributed by atoms with Crippen LogP contribution in [0.3, 0.4) is 0 Å². The Hall–Kier alpha value is -2.01. The molecule has 0 saturated carbocycles. The maximum absolute atomic E-state index is 11.9. The molecule has 0 amide bonds. The van der Waals surface area contributed by atoms with Crippen LogP contribution in [0.5, 0.6) is 0 Å². The van der Waals surface area contributed by atoms with E-state index in [1.54, 1.807) is 62.8 Å². The molecule has 2 aromatic rings. The molecule has 1 unspecified atom stereocenters. The van der Waals surface area contributed by atoms with Gasteiger partial charge in [0.25, 0.3) is 0 Å². The topological polar surface area (TPSA) is 55.8 Å². The van der Waals surface area contributed by atoms with Gasteiger partial charge in [0, 0.05) is 33.0 Å². The van der Waals surface area contributed by atoms with Gasteiger partial charge in [-0.3, -0.25) is 4.79 Å². The van der Waals surface area contributed by atoms with E-state index in [0.717, 1.165) is 13.2 Å². The van der Waals surface area contributed by atoms with Crippen LogP contribution in [0, 0.1) is 0 Å². The van der Waals surface area contributed by atoms with Crippen molar-refractivity contribution in [2.45, 2.75) is 18.9 Å². The van der Waals surface area contributed by atoms with Crippen molar-refractivity contribution in [3.63, 3.8) is 0 Å². The lowest BCUT2D eigenvalue weighted by Crippen LogP contribution is -2.11. The Morgan fingerprint density at radius 3 is 1.83 bits per heavy atom. The van der Waals surface area contributed by atoms with Crippen LogP contribution in [0.1, 0.15) is 34.9 Å². The Labute approximate surface area is 144 Å². The van der Waals surface area contributed by atoms with Gasteiger partial charge in [0.05, 0.1) is 0 Å². The molecule has 1 fully saturated rings. The third-order valence-corrected chi connectivity index (χ3v) is 3.25. The van der Waals surface area contributed by atoms with E-state index < -0.39 is 6.10 Å². The molecule has 1 saturated heterocycles. The Bertz CT molecular complexity index is 543. The minimum Gasteiger partial charge on any atom is -0.388 e. The van der Waals surface area contributed by atoms with E-state index in [9.17, 15) is 9.90 Å². The predicted octanol–water partition coefficient (Wildman–Crippen LogP) is 3.66. The van der Waals surface area contributed by atoms with Gasteiger partial charge in [0.15, 0.2) is 5.78 Å². The van der Waals surface area contributed by atoms with Crippen LogP contribution in [-0.2, 0) is 9.47 Å². The first-order valence-electron chi connectivity index (χ1n) is 8.00. The lowest BCUT2D eigenvalue weighted by atomic mass is 10.0. The largest absolute Gasteiger partial charge is 0.388 e. The number of hydrogen-bond acceptors (Lipinski definition) is 4. The molecule has 0 aromatic heterocycles. The molecule has 4 heteroatoms. The highest BCUT2D eigenvalue weighted by molar-refractivity contribution is 5.99. The Morgan fingerprint density at radius 2 is 1.42 bits per heavy atom. The molecule has 130 valence electrons.